The average molecular weight is 449 g/mol. The lowest BCUT2D eigenvalue weighted by Crippen LogP contribution is -2.68. The molecule has 29 heavy (non-hydrogen) atoms. The lowest BCUT2D eigenvalue weighted by Gasteiger charge is -2.45. The molecule has 3 atom stereocenters. The Hall–Kier alpha value is -2.54. The number of nitrogens with zero attached hydrogens (tertiary/aromatic N) is 3. The van der Waals surface area contributed by atoms with Crippen LogP contribution in [0.1, 0.15) is 26.5 Å². The third-order valence-electron chi connectivity index (χ3n) is 4.02. The number of carboxylic acids is 1. The first-order valence-electron chi connectivity index (χ1n) is 8.05. The summed E-state index contributed by atoms with van der Waals surface area (Å²) in [6, 6.07) is -1.98. The Morgan fingerprint density at radius 2 is 2.10 bits per heavy atom. The Bertz CT molecular complexity index is 916. The summed E-state index contributed by atoms with van der Waals surface area (Å²) in [4.78, 5) is 54.6. The SMILES string of the molecule is COP(=O)(O)N1C(=O)[C@H](NC(=O)/C(=N\OC(C)(C)C(=O)O)c2csc(N)n2)[C@@H]1C. The number of rotatable bonds is 8. The molecule has 1 aromatic heterocycles. The van der Waals surface area contributed by atoms with Gasteiger partial charge >= 0.3 is 13.7 Å². The van der Waals surface area contributed by atoms with Gasteiger partial charge in [0.1, 0.15) is 11.7 Å². The van der Waals surface area contributed by atoms with Gasteiger partial charge in [-0.05, 0) is 20.8 Å². The minimum absolute atomic E-state index is 0.00666. The number of carbonyl (C=O) groups is 3. The zero-order chi connectivity index (χ0) is 22.1. The van der Waals surface area contributed by atoms with Gasteiger partial charge < -0.3 is 25.9 Å². The lowest BCUT2D eigenvalue weighted by atomic mass is 10.0. The Morgan fingerprint density at radius 1 is 1.48 bits per heavy atom. The monoisotopic (exact) mass is 449 g/mol. The summed E-state index contributed by atoms with van der Waals surface area (Å²) in [5, 5.41) is 16.6. The predicted molar refractivity (Wildman–Crippen MR) is 101 cm³/mol. The number of carbonyl (C=O) groups excluding carboxylic acids is 2. The molecule has 0 radical (unpaired) electrons. The summed E-state index contributed by atoms with van der Waals surface area (Å²) in [6.45, 7) is 3.89. The predicted octanol–water partition coefficient (Wildman–Crippen LogP) is -0.228. The highest BCUT2D eigenvalue weighted by Gasteiger charge is 2.54. The molecule has 1 aliphatic rings. The number of thiazole rings is 1. The number of β-lactam (4-membered cyclic amide) rings is 1. The van der Waals surface area contributed by atoms with E-state index in [1.807, 2.05) is 0 Å². The molecule has 15 heteroatoms. The summed E-state index contributed by atoms with van der Waals surface area (Å²) in [6.07, 6.45) is 0. The number of hydrogen-bond donors (Lipinski definition) is 4. The van der Waals surface area contributed by atoms with Crippen molar-refractivity contribution < 1.29 is 38.3 Å². The Balaban J connectivity index is 2.24. The van der Waals surface area contributed by atoms with E-state index in [0.29, 0.717) is 4.67 Å². The molecule has 1 aliphatic heterocycles. The molecular weight excluding hydrogens is 429 g/mol. The van der Waals surface area contributed by atoms with Crippen LogP contribution in [0.25, 0.3) is 0 Å². The van der Waals surface area contributed by atoms with Crippen molar-refractivity contribution in [2.75, 3.05) is 12.8 Å². The highest BCUT2D eigenvalue weighted by molar-refractivity contribution is 7.51. The Labute approximate surface area is 169 Å². The van der Waals surface area contributed by atoms with E-state index in [-0.39, 0.29) is 10.8 Å². The molecule has 2 amide bonds. The zero-order valence-electron chi connectivity index (χ0n) is 15.9. The van der Waals surface area contributed by atoms with E-state index in [4.69, 9.17) is 15.7 Å². The maximum atomic E-state index is 12.7. The van der Waals surface area contributed by atoms with E-state index >= 15 is 0 Å². The molecule has 5 N–H and O–H groups in total. The number of aromatic nitrogens is 1. The largest absolute Gasteiger partial charge is 0.478 e. The van der Waals surface area contributed by atoms with Crippen LogP contribution in [0.3, 0.4) is 0 Å². The first-order chi connectivity index (χ1) is 13.3. The maximum absolute atomic E-state index is 12.7. The second-order valence-corrected chi connectivity index (χ2v) is 9.13. The number of anilines is 1. The third kappa shape index (κ3) is 4.56. The number of carboxylic acid groups (broad SMARTS) is 1. The van der Waals surface area contributed by atoms with Gasteiger partial charge in [-0.2, -0.15) is 0 Å². The second-order valence-electron chi connectivity index (χ2n) is 6.47. The van der Waals surface area contributed by atoms with Crippen LogP contribution in [0.15, 0.2) is 10.5 Å². The van der Waals surface area contributed by atoms with E-state index in [9.17, 15) is 23.8 Å². The molecule has 2 rings (SSSR count). The molecule has 0 aromatic carbocycles. The van der Waals surface area contributed by atoms with Gasteiger partial charge in [-0.3, -0.25) is 14.1 Å². The first-order valence-corrected chi connectivity index (χ1v) is 10.5. The van der Waals surface area contributed by atoms with Crippen molar-refractivity contribution in [1.29, 1.82) is 0 Å². The van der Waals surface area contributed by atoms with Crippen LogP contribution in [0.4, 0.5) is 5.13 Å². The van der Waals surface area contributed by atoms with E-state index in [0.717, 1.165) is 18.4 Å². The van der Waals surface area contributed by atoms with Crippen molar-refractivity contribution in [2.24, 2.45) is 5.16 Å². The van der Waals surface area contributed by atoms with Crippen LogP contribution in [0.2, 0.25) is 0 Å². The fourth-order valence-corrected chi connectivity index (χ4v) is 3.93. The van der Waals surface area contributed by atoms with Gasteiger partial charge in [-0.1, -0.05) is 5.16 Å². The zero-order valence-corrected chi connectivity index (χ0v) is 17.6. The van der Waals surface area contributed by atoms with Crippen molar-refractivity contribution in [3.8, 4) is 0 Å². The first kappa shape index (κ1) is 22.7. The number of nitrogen functional groups attached to an aromatic ring is 1. The van der Waals surface area contributed by atoms with Gasteiger partial charge in [0.25, 0.3) is 11.8 Å². The number of hydrogen-bond acceptors (Lipinski definition) is 10. The quantitative estimate of drug-likeness (QED) is 0.178. The minimum Gasteiger partial charge on any atom is -0.478 e. The second kappa shape index (κ2) is 8.06. The molecule has 1 fully saturated rings. The van der Waals surface area contributed by atoms with Gasteiger partial charge in [-0.25, -0.2) is 19.0 Å². The van der Waals surface area contributed by atoms with Gasteiger partial charge in [0, 0.05) is 12.5 Å². The summed E-state index contributed by atoms with van der Waals surface area (Å²) in [5.74, 6) is -3.07. The van der Waals surface area contributed by atoms with E-state index in [1.54, 1.807) is 0 Å². The molecule has 1 aromatic rings. The van der Waals surface area contributed by atoms with Gasteiger partial charge in [0.15, 0.2) is 10.8 Å². The summed E-state index contributed by atoms with van der Waals surface area (Å²) in [7, 11) is -3.33. The Morgan fingerprint density at radius 3 is 2.55 bits per heavy atom. The maximum Gasteiger partial charge on any atom is 0.435 e. The molecule has 1 unspecified atom stereocenters. The average Bonchev–Trinajstić information content (AvgIpc) is 3.05. The van der Waals surface area contributed by atoms with Crippen molar-refractivity contribution >= 4 is 47.7 Å². The number of amides is 2. The minimum atomic E-state index is -4.31. The molecule has 2 heterocycles. The van der Waals surface area contributed by atoms with Crippen molar-refractivity contribution in [2.45, 2.75) is 38.5 Å². The van der Waals surface area contributed by atoms with Crippen molar-refractivity contribution in [3.63, 3.8) is 0 Å². The highest BCUT2D eigenvalue weighted by Crippen LogP contribution is 2.51. The molecule has 0 saturated carbocycles. The molecular formula is C14H20N5O8PS. The number of oxime groups is 1. The van der Waals surface area contributed by atoms with Crippen LogP contribution >= 0.6 is 19.1 Å². The fraction of sp³-hybridized carbons (Fsp3) is 0.500. The van der Waals surface area contributed by atoms with Crippen LogP contribution in [-0.2, 0) is 28.3 Å². The molecule has 1 saturated heterocycles. The van der Waals surface area contributed by atoms with Crippen LogP contribution in [-0.4, -0.2) is 67.9 Å². The van der Waals surface area contributed by atoms with E-state index < -0.39 is 48.9 Å². The van der Waals surface area contributed by atoms with E-state index in [2.05, 4.69) is 20.0 Å². The topological polar surface area (TPSA) is 194 Å². The number of nitrogens with one attached hydrogen (secondary N) is 1. The molecule has 160 valence electrons. The van der Waals surface area contributed by atoms with Gasteiger partial charge in [0.05, 0.1) is 6.04 Å². The Kier molecular flexibility index (Phi) is 6.33. The highest BCUT2D eigenvalue weighted by atomic mass is 32.1. The number of aliphatic carboxylic acids is 1. The van der Waals surface area contributed by atoms with Crippen LogP contribution in [0, 0.1) is 0 Å². The third-order valence-corrected chi connectivity index (χ3v) is 6.27. The molecule has 0 spiro atoms. The normalized spacial score (nSPS) is 21.9. The van der Waals surface area contributed by atoms with Gasteiger partial charge in [0.2, 0.25) is 5.60 Å². The van der Waals surface area contributed by atoms with E-state index in [1.165, 1.54) is 26.2 Å². The van der Waals surface area contributed by atoms with Crippen LogP contribution < -0.4 is 11.1 Å². The van der Waals surface area contributed by atoms with Gasteiger partial charge in [-0.15, -0.1) is 11.3 Å². The fourth-order valence-electron chi connectivity index (χ4n) is 2.24. The standard InChI is InChI=1S/C14H20N5O8PS/c1-6-8(11(21)19(6)28(24,25)26-4)17-10(20)9(7-5-29-13(15)16-7)18-27-14(2,3)12(22)23/h5-6,8H,1-4H3,(H2,15,16)(H,17,20)(H,22,23)(H,24,25)/b18-9-/t6-,8+/m0/s1. The molecule has 0 aliphatic carbocycles. The number of nitrogens with two attached hydrogens (primary N) is 1. The summed E-state index contributed by atoms with van der Waals surface area (Å²) < 4.78 is 16.9. The van der Waals surface area contributed by atoms with Crippen molar-refractivity contribution in [1.82, 2.24) is 15.0 Å². The lowest BCUT2D eigenvalue weighted by molar-refractivity contribution is -0.161. The van der Waals surface area contributed by atoms with Crippen LogP contribution in [0.5, 0.6) is 0 Å². The van der Waals surface area contributed by atoms with Crippen molar-refractivity contribution in [3.05, 3.63) is 11.1 Å². The molecule has 13 nitrogen and oxygen atoms in total. The molecule has 0 bridgehead atoms. The summed E-state index contributed by atoms with van der Waals surface area (Å²) in [5.41, 5.74) is 3.41. The smallest absolute Gasteiger partial charge is 0.435 e. The summed E-state index contributed by atoms with van der Waals surface area (Å²) >= 11 is 1.01.